The van der Waals surface area contributed by atoms with E-state index in [1.54, 1.807) is 0 Å². The predicted molar refractivity (Wildman–Crippen MR) is 81.6 cm³/mol. The molecule has 124 valence electrons. The zero-order valence-electron chi connectivity index (χ0n) is 13.7. The van der Waals surface area contributed by atoms with E-state index < -0.39 is 13.2 Å². The number of aliphatic hydroxyl groups excluding tert-OH is 2. The molecule has 0 bridgehead atoms. The van der Waals surface area contributed by atoms with Gasteiger partial charge in [-0.3, -0.25) is 9.59 Å². The fourth-order valence-electron chi connectivity index (χ4n) is 2.39. The Kier molecular flexibility index (Phi) is 8.51. The first kappa shape index (κ1) is 19.9. The van der Waals surface area contributed by atoms with Crippen LogP contribution in [0.1, 0.15) is 47.0 Å². The molecular formula is C15H30N2O4. The molecule has 0 fully saturated rings. The number of carbonyl (C=O) groups excluding carboxylic acids is 2. The summed E-state index contributed by atoms with van der Waals surface area (Å²) in [6.45, 7) is 8.29. The third-order valence-corrected chi connectivity index (χ3v) is 4.27. The van der Waals surface area contributed by atoms with Gasteiger partial charge in [-0.25, -0.2) is 0 Å². The number of nitrogens with one attached hydrogen (secondary N) is 2. The van der Waals surface area contributed by atoms with Crippen molar-refractivity contribution >= 4 is 11.8 Å². The lowest BCUT2D eigenvalue weighted by Crippen LogP contribution is -2.43. The Morgan fingerprint density at radius 2 is 1.19 bits per heavy atom. The van der Waals surface area contributed by atoms with Crippen LogP contribution in [0.5, 0.6) is 0 Å². The Balaban J connectivity index is 4.70. The molecule has 2 unspecified atom stereocenters. The van der Waals surface area contributed by atoms with E-state index in [1.165, 1.54) is 0 Å². The molecule has 0 heterocycles. The lowest BCUT2D eigenvalue weighted by Gasteiger charge is -2.39. The van der Waals surface area contributed by atoms with Crippen LogP contribution >= 0.6 is 0 Å². The summed E-state index contributed by atoms with van der Waals surface area (Å²) in [5.74, 6) is -0.747. The molecule has 0 aliphatic heterocycles. The summed E-state index contributed by atoms with van der Waals surface area (Å²) in [6.07, 6.45) is 2.58. The van der Waals surface area contributed by atoms with E-state index in [-0.39, 0.29) is 22.6 Å². The molecule has 0 aromatic rings. The van der Waals surface area contributed by atoms with Crippen molar-refractivity contribution in [2.75, 3.05) is 26.3 Å². The predicted octanol–water partition coefficient (Wildman–Crippen LogP) is 0.426. The van der Waals surface area contributed by atoms with Gasteiger partial charge in [-0.1, -0.05) is 27.7 Å². The second-order valence-corrected chi connectivity index (χ2v) is 6.37. The van der Waals surface area contributed by atoms with Crippen LogP contribution in [0.15, 0.2) is 0 Å². The first-order valence-electron chi connectivity index (χ1n) is 7.49. The third kappa shape index (κ3) is 7.43. The number of hydrogen-bond acceptors (Lipinski definition) is 4. The molecule has 21 heavy (non-hydrogen) atoms. The highest BCUT2D eigenvalue weighted by atomic mass is 16.3. The Morgan fingerprint density at radius 3 is 1.43 bits per heavy atom. The van der Waals surface area contributed by atoms with Crippen LogP contribution < -0.4 is 10.6 Å². The SMILES string of the molecule is CCC(C)(CNC(=O)CO)CC(C)(CC)CNC(=O)CO. The van der Waals surface area contributed by atoms with Crippen molar-refractivity contribution in [2.45, 2.75) is 47.0 Å². The summed E-state index contributed by atoms with van der Waals surface area (Å²) in [6, 6.07) is 0. The molecule has 0 radical (unpaired) electrons. The zero-order chi connectivity index (χ0) is 16.5. The molecule has 0 aliphatic carbocycles. The van der Waals surface area contributed by atoms with E-state index in [2.05, 4.69) is 38.3 Å². The summed E-state index contributed by atoms with van der Waals surface area (Å²) in [4.78, 5) is 22.4. The van der Waals surface area contributed by atoms with E-state index in [9.17, 15) is 9.59 Å². The minimum atomic E-state index is -0.503. The van der Waals surface area contributed by atoms with Crippen molar-refractivity contribution in [1.82, 2.24) is 10.6 Å². The van der Waals surface area contributed by atoms with Gasteiger partial charge in [-0.05, 0) is 30.1 Å². The standard InChI is InChI=1S/C15H30N2O4/c1-5-14(3,10-16-12(20)7-18)9-15(4,6-2)11-17-13(21)8-19/h18-19H,5-11H2,1-4H3,(H,16,20)(H,17,21). The van der Waals surface area contributed by atoms with Gasteiger partial charge in [0.1, 0.15) is 13.2 Å². The van der Waals surface area contributed by atoms with Gasteiger partial charge in [0.05, 0.1) is 0 Å². The molecule has 0 saturated carbocycles. The van der Waals surface area contributed by atoms with E-state index in [0.29, 0.717) is 13.1 Å². The normalized spacial score (nSPS) is 16.7. The summed E-state index contributed by atoms with van der Waals surface area (Å²) >= 11 is 0. The number of carbonyl (C=O) groups is 2. The molecule has 0 aromatic heterocycles. The highest BCUT2D eigenvalue weighted by Gasteiger charge is 2.33. The van der Waals surface area contributed by atoms with Crippen LogP contribution in [0.4, 0.5) is 0 Å². The Hall–Kier alpha value is -1.14. The van der Waals surface area contributed by atoms with Crippen LogP contribution in [-0.2, 0) is 9.59 Å². The molecule has 2 amide bonds. The average Bonchev–Trinajstić information content (AvgIpc) is 2.50. The Bertz CT molecular complexity index is 317. The molecule has 6 nitrogen and oxygen atoms in total. The molecule has 0 aromatic carbocycles. The topological polar surface area (TPSA) is 98.7 Å². The summed E-state index contributed by atoms with van der Waals surface area (Å²) in [5.41, 5.74) is -0.223. The van der Waals surface area contributed by atoms with Gasteiger partial charge >= 0.3 is 0 Å². The maximum atomic E-state index is 11.2. The first-order chi connectivity index (χ1) is 9.74. The summed E-state index contributed by atoms with van der Waals surface area (Å²) < 4.78 is 0. The van der Waals surface area contributed by atoms with Crippen LogP contribution in [0.25, 0.3) is 0 Å². The quantitative estimate of drug-likeness (QED) is 0.470. The van der Waals surface area contributed by atoms with Gasteiger partial charge in [-0.2, -0.15) is 0 Å². The molecule has 0 saturated heterocycles. The smallest absolute Gasteiger partial charge is 0.245 e. The van der Waals surface area contributed by atoms with Gasteiger partial charge in [0.25, 0.3) is 0 Å². The molecule has 6 heteroatoms. The second kappa shape index (κ2) is 9.00. The van der Waals surface area contributed by atoms with E-state index in [4.69, 9.17) is 10.2 Å². The minimum Gasteiger partial charge on any atom is -0.387 e. The fraction of sp³-hybridized carbons (Fsp3) is 0.867. The number of amides is 2. The summed E-state index contributed by atoms with van der Waals surface area (Å²) in [5, 5.41) is 23.0. The highest BCUT2D eigenvalue weighted by molar-refractivity contribution is 5.77. The van der Waals surface area contributed by atoms with Crippen molar-refractivity contribution in [3.8, 4) is 0 Å². The number of hydrogen-bond donors (Lipinski definition) is 4. The van der Waals surface area contributed by atoms with E-state index in [1.807, 2.05) is 0 Å². The van der Waals surface area contributed by atoms with Gasteiger partial charge < -0.3 is 20.8 Å². The molecule has 2 atom stereocenters. The molecule has 4 N–H and O–H groups in total. The number of aliphatic hydroxyl groups is 2. The lowest BCUT2D eigenvalue weighted by atomic mass is 9.70. The lowest BCUT2D eigenvalue weighted by molar-refractivity contribution is -0.124. The molecule has 0 spiro atoms. The van der Waals surface area contributed by atoms with Crippen molar-refractivity contribution in [2.24, 2.45) is 10.8 Å². The van der Waals surface area contributed by atoms with E-state index in [0.717, 1.165) is 19.3 Å². The monoisotopic (exact) mass is 302 g/mol. The third-order valence-electron chi connectivity index (χ3n) is 4.27. The van der Waals surface area contributed by atoms with Crippen LogP contribution in [-0.4, -0.2) is 48.3 Å². The van der Waals surface area contributed by atoms with E-state index >= 15 is 0 Å². The van der Waals surface area contributed by atoms with Gasteiger partial charge in [0.2, 0.25) is 11.8 Å². The van der Waals surface area contributed by atoms with Gasteiger partial charge in [0.15, 0.2) is 0 Å². The summed E-state index contributed by atoms with van der Waals surface area (Å²) in [7, 11) is 0. The van der Waals surface area contributed by atoms with Gasteiger partial charge in [-0.15, -0.1) is 0 Å². The minimum absolute atomic E-state index is 0.112. The van der Waals surface area contributed by atoms with Crippen LogP contribution in [0, 0.1) is 10.8 Å². The maximum Gasteiger partial charge on any atom is 0.245 e. The fourth-order valence-corrected chi connectivity index (χ4v) is 2.39. The van der Waals surface area contributed by atoms with Crippen molar-refractivity contribution < 1.29 is 19.8 Å². The van der Waals surface area contributed by atoms with Crippen molar-refractivity contribution in [3.05, 3.63) is 0 Å². The van der Waals surface area contributed by atoms with Crippen molar-refractivity contribution in [3.63, 3.8) is 0 Å². The molecule has 0 rings (SSSR count). The largest absolute Gasteiger partial charge is 0.387 e. The molecular weight excluding hydrogens is 272 g/mol. The Morgan fingerprint density at radius 1 is 0.857 bits per heavy atom. The number of rotatable bonds is 10. The van der Waals surface area contributed by atoms with Crippen LogP contribution in [0.2, 0.25) is 0 Å². The average molecular weight is 302 g/mol. The second-order valence-electron chi connectivity index (χ2n) is 6.37. The van der Waals surface area contributed by atoms with Gasteiger partial charge in [0, 0.05) is 13.1 Å². The highest BCUT2D eigenvalue weighted by Crippen LogP contribution is 2.38. The zero-order valence-corrected chi connectivity index (χ0v) is 13.7. The van der Waals surface area contributed by atoms with Crippen molar-refractivity contribution in [1.29, 1.82) is 0 Å². The molecule has 0 aliphatic rings. The van der Waals surface area contributed by atoms with Crippen LogP contribution in [0.3, 0.4) is 0 Å². The Labute approximate surface area is 127 Å². The maximum absolute atomic E-state index is 11.2. The first-order valence-corrected chi connectivity index (χ1v) is 7.49.